The number of urea groups is 1. The number of aromatic nitrogens is 4. The lowest BCUT2D eigenvalue weighted by Gasteiger charge is -2.17. The number of hydrogen-bond donors (Lipinski definition) is 2. The van der Waals surface area contributed by atoms with E-state index in [1.165, 1.54) is 4.90 Å². The zero-order valence-electron chi connectivity index (χ0n) is 14.7. The molecule has 0 atom stereocenters. The fourth-order valence-electron chi connectivity index (χ4n) is 2.28. The normalized spacial score (nSPS) is 10.8. The molecule has 0 saturated heterocycles. The smallest absolute Gasteiger partial charge is 0.321 e. The standard InChI is InChI=1S/C16H22N6O3/c1-10(2)15-18-19-20-22(15)13-6-5-12(9-11(13)3)17-16(25)21(4)8-7-14(23)24/h5-6,9-10H,7-8H2,1-4H3,(H,17,25)(H,23,24). The van der Waals surface area contributed by atoms with Crippen molar-refractivity contribution in [1.82, 2.24) is 25.1 Å². The molecule has 25 heavy (non-hydrogen) atoms. The van der Waals surface area contributed by atoms with Crippen molar-refractivity contribution in [3.63, 3.8) is 0 Å². The van der Waals surface area contributed by atoms with Crippen LogP contribution in [0.15, 0.2) is 18.2 Å². The first-order chi connectivity index (χ1) is 11.8. The lowest BCUT2D eigenvalue weighted by atomic mass is 10.1. The molecule has 0 spiro atoms. The Labute approximate surface area is 145 Å². The second-order valence-corrected chi connectivity index (χ2v) is 6.10. The van der Waals surface area contributed by atoms with Crippen LogP contribution in [0.25, 0.3) is 5.69 Å². The predicted octanol–water partition coefficient (Wildman–Crippen LogP) is 2.03. The lowest BCUT2D eigenvalue weighted by Crippen LogP contribution is -2.33. The molecular weight excluding hydrogens is 324 g/mol. The van der Waals surface area contributed by atoms with Crippen LogP contribution < -0.4 is 5.32 Å². The lowest BCUT2D eigenvalue weighted by molar-refractivity contribution is -0.137. The number of benzene rings is 1. The summed E-state index contributed by atoms with van der Waals surface area (Å²) in [6.45, 7) is 6.07. The molecule has 0 unspecified atom stereocenters. The van der Waals surface area contributed by atoms with Crippen molar-refractivity contribution in [3.8, 4) is 5.69 Å². The van der Waals surface area contributed by atoms with Gasteiger partial charge in [0.05, 0.1) is 12.1 Å². The Morgan fingerprint density at radius 1 is 1.36 bits per heavy atom. The number of carboxylic acids is 1. The number of tetrazole rings is 1. The van der Waals surface area contributed by atoms with Crippen molar-refractivity contribution in [2.75, 3.05) is 18.9 Å². The molecule has 2 N–H and O–H groups in total. The van der Waals surface area contributed by atoms with Crippen LogP contribution in [-0.4, -0.2) is 55.8 Å². The monoisotopic (exact) mass is 346 g/mol. The molecular formula is C16H22N6O3. The van der Waals surface area contributed by atoms with E-state index in [1.807, 2.05) is 32.9 Å². The van der Waals surface area contributed by atoms with Gasteiger partial charge in [-0.05, 0) is 41.1 Å². The number of nitrogens with one attached hydrogen (secondary N) is 1. The van der Waals surface area contributed by atoms with Gasteiger partial charge in [-0.25, -0.2) is 4.79 Å². The van der Waals surface area contributed by atoms with E-state index in [1.54, 1.807) is 17.8 Å². The highest BCUT2D eigenvalue weighted by Gasteiger charge is 2.15. The number of amides is 2. The molecule has 2 rings (SSSR count). The van der Waals surface area contributed by atoms with Crippen molar-refractivity contribution < 1.29 is 14.7 Å². The topological polar surface area (TPSA) is 113 Å². The van der Waals surface area contributed by atoms with Gasteiger partial charge in [-0.2, -0.15) is 4.68 Å². The summed E-state index contributed by atoms with van der Waals surface area (Å²) in [6, 6.07) is 5.06. The van der Waals surface area contributed by atoms with Gasteiger partial charge in [0.15, 0.2) is 5.82 Å². The second-order valence-electron chi connectivity index (χ2n) is 6.10. The molecule has 0 aliphatic rings. The van der Waals surface area contributed by atoms with Crippen LogP contribution in [0.5, 0.6) is 0 Å². The maximum Gasteiger partial charge on any atom is 0.321 e. The molecule has 9 nitrogen and oxygen atoms in total. The molecule has 1 heterocycles. The summed E-state index contributed by atoms with van der Waals surface area (Å²) in [5.74, 6) is -0.00722. The van der Waals surface area contributed by atoms with E-state index in [0.717, 1.165) is 17.1 Å². The van der Waals surface area contributed by atoms with E-state index in [9.17, 15) is 9.59 Å². The van der Waals surface area contributed by atoms with E-state index >= 15 is 0 Å². The van der Waals surface area contributed by atoms with Crippen LogP contribution in [0.3, 0.4) is 0 Å². The second kappa shape index (κ2) is 7.73. The highest BCUT2D eigenvalue weighted by molar-refractivity contribution is 5.89. The van der Waals surface area contributed by atoms with Gasteiger partial charge in [0.25, 0.3) is 0 Å². The first-order valence-electron chi connectivity index (χ1n) is 7.92. The van der Waals surface area contributed by atoms with E-state index in [0.29, 0.717) is 5.69 Å². The highest BCUT2D eigenvalue weighted by Crippen LogP contribution is 2.21. The summed E-state index contributed by atoms with van der Waals surface area (Å²) < 4.78 is 1.69. The molecule has 1 aromatic carbocycles. The highest BCUT2D eigenvalue weighted by atomic mass is 16.4. The molecule has 0 saturated carbocycles. The fraction of sp³-hybridized carbons (Fsp3) is 0.438. The van der Waals surface area contributed by atoms with E-state index in [-0.39, 0.29) is 24.9 Å². The zero-order valence-corrected chi connectivity index (χ0v) is 14.7. The Morgan fingerprint density at radius 2 is 2.08 bits per heavy atom. The maximum atomic E-state index is 12.1. The molecule has 134 valence electrons. The Kier molecular flexibility index (Phi) is 5.68. The number of carbonyl (C=O) groups is 2. The van der Waals surface area contributed by atoms with E-state index in [2.05, 4.69) is 20.8 Å². The number of carboxylic acid groups (broad SMARTS) is 1. The molecule has 0 aliphatic carbocycles. The Bertz CT molecular complexity index is 771. The van der Waals surface area contributed by atoms with Gasteiger partial charge < -0.3 is 15.3 Å². The SMILES string of the molecule is Cc1cc(NC(=O)N(C)CCC(=O)O)ccc1-n1nnnc1C(C)C. The first-order valence-corrected chi connectivity index (χ1v) is 7.92. The van der Waals surface area contributed by atoms with Gasteiger partial charge in [-0.3, -0.25) is 4.79 Å². The number of aryl methyl sites for hydroxylation is 1. The summed E-state index contributed by atoms with van der Waals surface area (Å²) in [5.41, 5.74) is 2.36. The molecule has 0 bridgehead atoms. The molecule has 9 heteroatoms. The summed E-state index contributed by atoms with van der Waals surface area (Å²) in [4.78, 5) is 24.0. The van der Waals surface area contributed by atoms with Gasteiger partial charge >= 0.3 is 12.0 Å². The number of rotatable bonds is 6. The van der Waals surface area contributed by atoms with Crippen LogP contribution in [-0.2, 0) is 4.79 Å². The van der Waals surface area contributed by atoms with Gasteiger partial charge in [-0.1, -0.05) is 13.8 Å². The van der Waals surface area contributed by atoms with Crippen molar-refractivity contribution in [2.24, 2.45) is 0 Å². The molecule has 2 aromatic rings. The summed E-state index contributed by atoms with van der Waals surface area (Å²) in [7, 11) is 1.55. The maximum absolute atomic E-state index is 12.1. The average Bonchev–Trinajstić information content (AvgIpc) is 3.02. The summed E-state index contributed by atoms with van der Waals surface area (Å²) in [6.07, 6.45) is -0.0981. The summed E-state index contributed by atoms with van der Waals surface area (Å²) in [5, 5.41) is 23.2. The van der Waals surface area contributed by atoms with Crippen molar-refractivity contribution in [2.45, 2.75) is 33.1 Å². The third-order valence-corrected chi connectivity index (χ3v) is 3.69. The van der Waals surface area contributed by atoms with Gasteiger partial charge in [-0.15, -0.1) is 5.10 Å². The minimum Gasteiger partial charge on any atom is -0.481 e. The Morgan fingerprint density at radius 3 is 2.68 bits per heavy atom. The van der Waals surface area contributed by atoms with Gasteiger partial charge in [0.2, 0.25) is 0 Å². The van der Waals surface area contributed by atoms with E-state index in [4.69, 9.17) is 5.11 Å². The average molecular weight is 346 g/mol. The molecule has 0 fully saturated rings. The number of anilines is 1. The quantitative estimate of drug-likeness (QED) is 0.827. The van der Waals surface area contributed by atoms with Crippen LogP contribution in [0, 0.1) is 6.92 Å². The number of nitrogens with zero attached hydrogens (tertiary/aromatic N) is 5. The number of hydrogen-bond acceptors (Lipinski definition) is 5. The van der Waals surface area contributed by atoms with Crippen LogP contribution >= 0.6 is 0 Å². The van der Waals surface area contributed by atoms with Crippen molar-refractivity contribution in [3.05, 3.63) is 29.6 Å². The minimum absolute atomic E-state index is 0.0981. The van der Waals surface area contributed by atoms with Gasteiger partial charge in [0, 0.05) is 25.2 Å². The molecule has 0 aliphatic heterocycles. The third kappa shape index (κ3) is 4.52. The van der Waals surface area contributed by atoms with Gasteiger partial charge in [0.1, 0.15) is 0 Å². The minimum atomic E-state index is -0.942. The first kappa shape index (κ1) is 18.4. The van der Waals surface area contributed by atoms with Crippen molar-refractivity contribution in [1.29, 1.82) is 0 Å². The largest absolute Gasteiger partial charge is 0.481 e. The zero-order chi connectivity index (χ0) is 18.6. The van der Waals surface area contributed by atoms with Crippen LogP contribution in [0.1, 0.15) is 37.6 Å². The fourth-order valence-corrected chi connectivity index (χ4v) is 2.28. The Hall–Kier alpha value is -2.97. The van der Waals surface area contributed by atoms with Crippen molar-refractivity contribution >= 4 is 17.7 Å². The summed E-state index contributed by atoms with van der Waals surface area (Å²) >= 11 is 0. The molecule has 0 radical (unpaired) electrons. The Balaban J connectivity index is 2.13. The third-order valence-electron chi connectivity index (χ3n) is 3.69. The van der Waals surface area contributed by atoms with Crippen LogP contribution in [0.4, 0.5) is 10.5 Å². The number of carbonyl (C=O) groups excluding carboxylic acids is 1. The molecule has 1 aromatic heterocycles. The van der Waals surface area contributed by atoms with Crippen LogP contribution in [0.2, 0.25) is 0 Å². The molecule has 2 amide bonds. The predicted molar refractivity (Wildman–Crippen MR) is 91.9 cm³/mol. The number of aliphatic carboxylic acids is 1. The van der Waals surface area contributed by atoms with E-state index < -0.39 is 5.97 Å².